The Labute approximate surface area is 141 Å². The zero-order chi connectivity index (χ0) is 16.5. The minimum atomic E-state index is -0.666. The lowest BCUT2D eigenvalue weighted by molar-refractivity contribution is -0.0646. The molecule has 5 rings (SSSR count). The summed E-state index contributed by atoms with van der Waals surface area (Å²) in [6, 6.07) is 2.40. The van der Waals surface area contributed by atoms with E-state index in [0.717, 1.165) is 43.5 Å². The molecule has 5 unspecified atom stereocenters. The second kappa shape index (κ2) is 5.00. The summed E-state index contributed by atoms with van der Waals surface area (Å²) < 4.78 is 22.5. The zero-order valence-corrected chi connectivity index (χ0v) is 14.1. The second-order valence-electron chi connectivity index (χ2n) is 7.27. The summed E-state index contributed by atoms with van der Waals surface area (Å²) in [7, 11) is 3.42. The summed E-state index contributed by atoms with van der Waals surface area (Å²) in [6.07, 6.45) is 3.74. The number of fused-ring (bicyclic) bond motifs is 2. The zero-order valence-electron chi connectivity index (χ0n) is 14.1. The smallest absolute Gasteiger partial charge is 0.231 e. The summed E-state index contributed by atoms with van der Waals surface area (Å²) >= 11 is 0. The van der Waals surface area contributed by atoms with Crippen molar-refractivity contribution in [3.8, 4) is 17.2 Å². The van der Waals surface area contributed by atoms with Crippen molar-refractivity contribution in [2.24, 2.45) is 0 Å². The average Bonchev–Trinajstić information content (AvgIpc) is 3.20. The Morgan fingerprint density at radius 3 is 2.96 bits per heavy atom. The van der Waals surface area contributed by atoms with Gasteiger partial charge in [0.05, 0.1) is 13.2 Å². The number of rotatable bonds is 2. The molecule has 5 atom stereocenters. The fraction of sp³-hybridized carbons (Fsp3) is 0.667. The van der Waals surface area contributed by atoms with E-state index in [-0.39, 0.29) is 18.3 Å². The Kier molecular flexibility index (Phi) is 3.09. The molecular formula is C18H23NO5. The molecule has 3 heterocycles. The van der Waals surface area contributed by atoms with Gasteiger partial charge < -0.3 is 24.1 Å². The van der Waals surface area contributed by atoms with E-state index in [1.54, 1.807) is 14.2 Å². The molecule has 4 aliphatic rings. The van der Waals surface area contributed by atoms with Crippen LogP contribution in [0.2, 0.25) is 0 Å². The molecule has 0 spiro atoms. The first kappa shape index (κ1) is 14.8. The molecule has 24 heavy (non-hydrogen) atoms. The minimum absolute atomic E-state index is 0.0534. The molecule has 2 bridgehead atoms. The first-order valence-corrected chi connectivity index (χ1v) is 8.67. The van der Waals surface area contributed by atoms with Gasteiger partial charge in [-0.3, -0.25) is 4.90 Å². The molecule has 2 fully saturated rings. The van der Waals surface area contributed by atoms with Gasteiger partial charge in [-0.15, -0.1) is 0 Å². The van der Waals surface area contributed by atoms with Gasteiger partial charge in [-0.1, -0.05) is 0 Å². The van der Waals surface area contributed by atoms with Gasteiger partial charge >= 0.3 is 0 Å². The number of benzene rings is 1. The Bertz CT molecular complexity index is 692. The van der Waals surface area contributed by atoms with Crippen molar-refractivity contribution in [1.29, 1.82) is 0 Å². The van der Waals surface area contributed by atoms with Gasteiger partial charge in [-0.25, -0.2) is 0 Å². The molecule has 0 radical (unpaired) electrons. The van der Waals surface area contributed by atoms with E-state index in [0.29, 0.717) is 17.5 Å². The maximum absolute atomic E-state index is 11.1. The summed E-state index contributed by atoms with van der Waals surface area (Å²) in [6.45, 7) is 1.10. The highest BCUT2D eigenvalue weighted by Crippen LogP contribution is 2.61. The standard InChI is InChI=1S/C18H23NO5/c1-21-10-3-4-18-5-6-19(13(18)7-10)17(20)14-11(18)8-12-15(16(14)22-2)24-9-23-12/h8,10,13,17,20H,3-7,9H2,1-2H3. The third-order valence-electron chi connectivity index (χ3n) is 6.56. The maximum Gasteiger partial charge on any atom is 0.231 e. The summed E-state index contributed by atoms with van der Waals surface area (Å²) in [5, 5.41) is 11.1. The largest absolute Gasteiger partial charge is 0.492 e. The van der Waals surface area contributed by atoms with Gasteiger partial charge in [-0.2, -0.15) is 0 Å². The predicted molar refractivity (Wildman–Crippen MR) is 85.5 cm³/mol. The summed E-state index contributed by atoms with van der Waals surface area (Å²) in [5.74, 6) is 1.99. The van der Waals surface area contributed by atoms with Gasteiger partial charge in [0.1, 0.15) is 6.23 Å². The van der Waals surface area contributed by atoms with Crippen molar-refractivity contribution in [3.05, 3.63) is 17.2 Å². The first-order valence-electron chi connectivity index (χ1n) is 8.67. The van der Waals surface area contributed by atoms with E-state index in [1.165, 1.54) is 5.56 Å². The third-order valence-corrected chi connectivity index (χ3v) is 6.56. The second-order valence-corrected chi connectivity index (χ2v) is 7.27. The highest BCUT2D eigenvalue weighted by molar-refractivity contribution is 5.64. The van der Waals surface area contributed by atoms with Crippen LogP contribution in [0, 0.1) is 0 Å². The number of methoxy groups -OCH3 is 2. The monoisotopic (exact) mass is 333 g/mol. The van der Waals surface area contributed by atoms with E-state index in [2.05, 4.69) is 11.0 Å². The number of ether oxygens (including phenoxy) is 4. The number of hydrogen-bond acceptors (Lipinski definition) is 6. The molecule has 1 N–H and O–H groups in total. The Balaban J connectivity index is 1.72. The van der Waals surface area contributed by atoms with Crippen molar-refractivity contribution in [2.45, 2.75) is 49.5 Å². The molecule has 1 saturated heterocycles. The molecule has 0 amide bonds. The third kappa shape index (κ3) is 1.66. The fourth-order valence-corrected chi connectivity index (χ4v) is 5.43. The molecule has 0 aromatic heterocycles. The summed E-state index contributed by atoms with van der Waals surface area (Å²) in [4.78, 5) is 2.22. The molecule has 1 aromatic carbocycles. The maximum atomic E-state index is 11.1. The fourth-order valence-electron chi connectivity index (χ4n) is 5.43. The van der Waals surface area contributed by atoms with Gasteiger partial charge in [0.2, 0.25) is 12.5 Å². The topological polar surface area (TPSA) is 60.4 Å². The van der Waals surface area contributed by atoms with E-state index >= 15 is 0 Å². The van der Waals surface area contributed by atoms with Crippen LogP contribution >= 0.6 is 0 Å². The van der Waals surface area contributed by atoms with Crippen molar-refractivity contribution >= 4 is 0 Å². The van der Waals surface area contributed by atoms with E-state index in [4.69, 9.17) is 18.9 Å². The number of aliphatic hydroxyl groups excluding tert-OH is 1. The highest BCUT2D eigenvalue weighted by Gasteiger charge is 2.58. The Morgan fingerprint density at radius 1 is 1.29 bits per heavy atom. The average molecular weight is 333 g/mol. The highest BCUT2D eigenvalue weighted by atomic mass is 16.7. The van der Waals surface area contributed by atoms with Gasteiger partial charge in [0, 0.05) is 30.7 Å². The van der Waals surface area contributed by atoms with Crippen LogP contribution in [-0.4, -0.2) is 49.7 Å². The summed E-state index contributed by atoms with van der Waals surface area (Å²) in [5.41, 5.74) is 2.11. The molecule has 6 heteroatoms. The van der Waals surface area contributed by atoms with Gasteiger partial charge in [-0.05, 0) is 37.3 Å². The molecule has 1 aliphatic carbocycles. The Hall–Kier alpha value is -1.50. The van der Waals surface area contributed by atoms with Crippen LogP contribution in [0.15, 0.2) is 6.07 Å². The molecule has 3 aliphatic heterocycles. The van der Waals surface area contributed by atoms with Crippen LogP contribution in [0.1, 0.15) is 43.0 Å². The quantitative estimate of drug-likeness (QED) is 0.892. The van der Waals surface area contributed by atoms with Crippen molar-refractivity contribution < 1.29 is 24.1 Å². The van der Waals surface area contributed by atoms with Gasteiger partial charge in [0.25, 0.3) is 0 Å². The van der Waals surface area contributed by atoms with Crippen LogP contribution in [0.25, 0.3) is 0 Å². The van der Waals surface area contributed by atoms with Crippen molar-refractivity contribution in [2.75, 3.05) is 27.6 Å². The number of nitrogens with zero attached hydrogens (tertiary/aromatic N) is 1. The van der Waals surface area contributed by atoms with Gasteiger partial charge in [0.15, 0.2) is 11.5 Å². The van der Waals surface area contributed by atoms with Crippen LogP contribution in [0.4, 0.5) is 0 Å². The van der Waals surface area contributed by atoms with Crippen molar-refractivity contribution in [3.63, 3.8) is 0 Å². The lowest BCUT2D eigenvalue weighted by atomic mass is 9.62. The van der Waals surface area contributed by atoms with E-state index in [1.807, 2.05) is 0 Å². The Morgan fingerprint density at radius 2 is 2.17 bits per heavy atom. The predicted octanol–water partition coefficient (Wildman–Crippen LogP) is 1.94. The molecule has 1 aromatic rings. The number of hydrogen-bond donors (Lipinski definition) is 1. The molecular weight excluding hydrogens is 310 g/mol. The lowest BCUT2D eigenvalue weighted by Crippen LogP contribution is -2.53. The van der Waals surface area contributed by atoms with E-state index < -0.39 is 6.23 Å². The first-order chi connectivity index (χ1) is 11.7. The van der Waals surface area contributed by atoms with Crippen LogP contribution < -0.4 is 14.2 Å². The lowest BCUT2D eigenvalue weighted by Gasteiger charge is -2.50. The van der Waals surface area contributed by atoms with Crippen LogP contribution in [0.3, 0.4) is 0 Å². The molecule has 1 saturated carbocycles. The van der Waals surface area contributed by atoms with E-state index in [9.17, 15) is 5.11 Å². The SMILES string of the molecule is COc1c2c(cc3c1C(O)N1CCC34CCC(OC)CC14)OCO2. The van der Waals surface area contributed by atoms with Crippen molar-refractivity contribution in [1.82, 2.24) is 4.90 Å². The van der Waals surface area contributed by atoms with Crippen LogP contribution in [0.5, 0.6) is 17.2 Å². The molecule has 130 valence electrons. The molecule has 6 nitrogen and oxygen atoms in total. The normalized spacial score (nSPS) is 38.6. The number of aliphatic hydroxyl groups is 1. The minimum Gasteiger partial charge on any atom is -0.492 e. The van der Waals surface area contributed by atoms with Crippen LogP contribution in [-0.2, 0) is 10.2 Å².